The lowest BCUT2D eigenvalue weighted by atomic mass is 10.0. The number of hydrogen-bond donors (Lipinski definition) is 0. The summed E-state index contributed by atoms with van der Waals surface area (Å²) in [5, 5.41) is 0. The molecule has 1 aromatic rings. The molecular weight excluding hydrogens is 279 g/mol. The van der Waals surface area contributed by atoms with Crippen LogP contribution in [0.15, 0.2) is 30.3 Å². The van der Waals surface area contributed by atoms with Crippen molar-refractivity contribution in [1.82, 2.24) is 4.90 Å². The van der Waals surface area contributed by atoms with Gasteiger partial charge in [-0.05, 0) is 50.0 Å². The van der Waals surface area contributed by atoms with Gasteiger partial charge in [0, 0.05) is 18.7 Å². The summed E-state index contributed by atoms with van der Waals surface area (Å²) in [4.78, 5) is 13.9. The maximum atomic E-state index is 12.4. The monoisotopic (exact) mass is 297 g/mol. The van der Waals surface area contributed by atoms with Crippen LogP contribution in [0.5, 0.6) is 0 Å². The summed E-state index contributed by atoms with van der Waals surface area (Å²) in [5.74, 6) is -0.0814. The van der Waals surface area contributed by atoms with Crippen molar-refractivity contribution >= 4 is 12.0 Å². The van der Waals surface area contributed by atoms with Gasteiger partial charge in [0.15, 0.2) is 0 Å². The highest BCUT2D eigenvalue weighted by Gasteiger charge is 2.29. The van der Waals surface area contributed by atoms with Gasteiger partial charge in [-0.25, -0.2) is 0 Å². The normalized spacial score (nSPS) is 20.0. The predicted molar refractivity (Wildman–Crippen MR) is 75.5 cm³/mol. The van der Waals surface area contributed by atoms with Crippen LogP contribution in [0.3, 0.4) is 0 Å². The number of hydrogen-bond acceptors (Lipinski definition) is 1. The molecule has 0 N–H and O–H groups in total. The molecule has 1 aliphatic rings. The average Bonchev–Trinajstić information content (AvgIpc) is 2.45. The number of carbonyl (C=O) groups is 1. The SMILES string of the molecule is CC1CCCCN1C(=O)C=Cc1ccc(C(F)(F)F)cc1. The number of amides is 1. The molecule has 1 amide bonds. The van der Waals surface area contributed by atoms with Gasteiger partial charge >= 0.3 is 6.18 Å². The Labute approximate surface area is 122 Å². The molecule has 0 spiro atoms. The second kappa shape index (κ2) is 6.33. The van der Waals surface area contributed by atoms with Crippen LogP contribution < -0.4 is 0 Å². The Morgan fingerprint density at radius 1 is 1.24 bits per heavy atom. The predicted octanol–water partition coefficient (Wildman–Crippen LogP) is 4.12. The Bertz CT molecular complexity index is 519. The molecule has 0 aliphatic carbocycles. The average molecular weight is 297 g/mol. The number of nitrogens with zero attached hydrogens (tertiary/aromatic N) is 1. The zero-order valence-corrected chi connectivity index (χ0v) is 11.9. The van der Waals surface area contributed by atoms with Crippen molar-refractivity contribution in [2.24, 2.45) is 0 Å². The molecule has 21 heavy (non-hydrogen) atoms. The minimum atomic E-state index is -4.33. The first-order valence-electron chi connectivity index (χ1n) is 7.04. The van der Waals surface area contributed by atoms with Crippen LogP contribution in [0.2, 0.25) is 0 Å². The fourth-order valence-electron chi connectivity index (χ4n) is 2.47. The molecule has 1 saturated heterocycles. The Kier molecular flexibility index (Phi) is 4.70. The van der Waals surface area contributed by atoms with Gasteiger partial charge in [-0.2, -0.15) is 13.2 Å². The van der Waals surface area contributed by atoms with Crippen molar-refractivity contribution in [2.75, 3.05) is 6.54 Å². The van der Waals surface area contributed by atoms with Gasteiger partial charge in [0.25, 0.3) is 0 Å². The van der Waals surface area contributed by atoms with Gasteiger partial charge < -0.3 is 4.90 Å². The number of halogens is 3. The van der Waals surface area contributed by atoms with Crippen molar-refractivity contribution in [3.63, 3.8) is 0 Å². The standard InChI is InChI=1S/C16H18F3NO/c1-12-4-2-3-11-20(12)15(21)10-7-13-5-8-14(9-6-13)16(17,18)19/h5-10,12H,2-4,11H2,1H3. The van der Waals surface area contributed by atoms with Gasteiger partial charge in [-0.1, -0.05) is 12.1 Å². The van der Waals surface area contributed by atoms with E-state index in [4.69, 9.17) is 0 Å². The number of piperidine rings is 1. The van der Waals surface area contributed by atoms with Crippen molar-refractivity contribution < 1.29 is 18.0 Å². The number of likely N-dealkylation sites (tertiary alicyclic amines) is 1. The lowest BCUT2D eigenvalue weighted by Crippen LogP contribution is -2.41. The van der Waals surface area contributed by atoms with E-state index in [1.807, 2.05) is 11.8 Å². The summed E-state index contributed by atoms with van der Waals surface area (Å²) >= 11 is 0. The Balaban J connectivity index is 2.02. The third kappa shape index (κ3) is 4.09. The minimum absolute atomic E-state index is 0.0814. The van der Waals surface area contributed by atoms with Gasteiger partial charge in [0.2, 0.25) is 5.91 Å². The summed E-state index contributed by atoms with van der Waals surface area (Å²) in [6, 6.07) is 5.00. The molecule has 5 heteroatoms. The van der Waals surface area contributed by atoms with E-state index < -0.39 is 11.7 Å². The van der Waals surface area contributed by atoms with E-state index in [1.54, 1.807) is 6.08 Å². The van der Waals surface area contributed by atoms with Gasteiger partial charge in [-0.3, -0.25) is 4.79 Å². The van der Waals surface area contributed by atoms with Crippen molar-refractivity contribution in [3.05, 3.63) is 41.5 Å². The number of carbonyl (C=O) groups excluding carboxylic acids is 1. The molecule has 1 heterocycles. The fraction of sp³-hybridized carbons (Fsp3) is 0.438. The van der Waals surface area contributed by atoms with E-state index in [1.165, 1.54) is 18.2 Å². The molecular formula is C16H18F3NO. The first-order valence-corrected chi connectivity index (χ1v) is 7.04. The van der Waals surface area contributed by atoms with Crippen LogP contribution in [0, 0.1) is 0 Å². The summed E-state index contributed by atoms with van der Waals surface area (Å²) < 4.78 is 37.3. The van der Waals surface area contributed by atoms with Gasteiger partial charge in [0.05, 0.1) is 5.56 Å². The van der Waals surface area contributed by atoms with E-state index in [9.17, 15) is 18.0 Å². The van der Waals surface area contributed by atoms with Gasteiger partial charge in [0.1, 0.15) is 0 Å². The molecule has 0 saturated carbocycles. The zero-order valence-electron chi connectivity index (χ0n) is 11.9. The van der Waals surface area contributed by atoms with E-state index in [2.05, 4.69) is 0 Å². The molecule has 2 nitrogen and oxygen atoms in total. The number of rotatable bonds is 2. The molecule has 1 fully saturated rings. The zero-order chi connectivity index (χ0) is 15.5. The molecule has 1 aromatic carbocycles. The third-order valence-corrected chi connectivity index (χ3v) is 3.74. The van der Waals surface area contributed by atoms with E-state index in [0.29, 0.717) is 5.56 Å². The second-order valence-electron chi connectivity index (χ2n) is 5.33. The smallest absolute Gasteiger partial charge is 0.336 e. The van der Waals surface area contributed by atoms with E-state index in [0.717, 1.165) is 37.9 Å². The molecule has 1 atom stereocenters. The van der Waals surface area contributed by atoms with Crippen LogP contribution >= 0.6 is 0 Å². The Morgan fingerprint density at radius 3 is 2.48 bits per heavy atom. The van der Waals surface area contributed by atoms with Crippen LogP contribution in [-0.2, 0) is 11.0 Å². The number of benzene rings is 1. The maximum Gasteiger partial charge on any atom is 0.416 e. The lowest BCUT2D eigenvalue weighted by Gasteiger charge is -2.32. The summed E-state index contributed by atoms with van der Waals surface area (Å²) in [6.07, 6.45) is 1.80. The second-order valence-corrected chi connectivity index (χ2v) is 5.33. The first kappa shape index (κ1) is 15.6. The third-order valence-electron chi connectivity index (χ3n) is 3.74. The quantitative estimate of drug-likeness (QED) is 0.752. The van der Waals surface area contributed by atoms with Crippen LogP contribution in [0.25, 0.3) is 6.08 Å². The fourth-order valence-corrected chi connectivity index (χ4v) is 2.47. The highest BCUT2D eigenvalue weighted by atomic mass is 19.4. The minimum Gasteiger partial charge on any atom is -0.336 e. The Morgan fingerprint density at radius 2 is 1.90 bits per heavy atom. The number of alkyl halides is 3. The van der Waals surface area contributed by atoms with Crippen molar-refractivity contribution in [1.29, 1.82) is 0 Å². The first-order chi connectivity index (χ1) is 9.88. The van der Waals surface area contributed by atoms with Crippen LogP contribution in [0.4, 0.5) is 13.2 Å². The molecule has 114 valence electrons. The molecule has 0 radical (unpaired) electrons. The topological polar surface area (TPSA) is 20.3 Å². The van der Waals surface area contributed by atoms with Crippen molar-refractivity contribution in [3.8, 4) is 0 Å². The summed E-state index contributed by atoms with van der Waals surface area (Å²) in [6.45, 7) is 2.76. The largest absolute Gasteiger partial charge is 0.416 e. The van der Waals surface area contributed by atoms with Crippen LogP contribution in [-0.4, -0.2) is 23.4 Å². The molecule has 0 aromatic heterocycles. The highest BCUT2D eigenvalue weighted by molar-refractivity contribution is 5.92. The molecule has 0 bridgehead atoms. The summed E-state index contributed by atoms with van der Waals surface area (Å²) in [7, 11) is 0. The van der Waals surface area contributed by atoms with E-state index >= 15 is 0 Å². The lowest BCUT2D eigenvalue weighted by molar-refractivity contribution is -0.137. The Hall–Kier alpha value is -1.78. The van der Waals surface area contributed by atoms with E-state index in [-0.39, 0.29) is 11.9 Å². The maximum absolute atomic E-state index is 12.4. The summed E-state index contributed by atoms with van der Waals surface area (Å²) in [5.41, 5.74) is -0.100. The molecule has 2 rings (SSSR count). The highest BCUT2D eigenvalue weighted by Crippen LogP contribution is 2.29. The molecule has 1 unspecified atom stereocenters. The molecule has 1 aliphatic heterocycles. The van der Waals surface area contributed by atoms with Crippen LogP contribution in [0.1, 0.15) is 37.3 Å². The van der Waals surface area contributed by atoms with Gasteiger partial charge in [-0.15, -0.1) is 0 Å². The van der Waals surface area contributed by atoms with Crippen molar-refractivity contribution in [2.45, 2.75) is 38.4 Å².